The summed E-state index contributed by atoms with van der Waals surface area (Å²) in [6.45, 7) is 4.49. The van der Waals surface area contributed by atoms with Crippen LogP contribution in [-0.4, -0.2) is 80.7 Å². The lowest BCUT2D eigenvalue weighted by atomic mass is 9.87. The van der Waals surface area contributed by atoms with E-state index in [1.165, 1.54) is 18.7 Å². The molecule has 0 bridgehead atoms. The number of methoxy groups -OCH3 is 2. The van der Waals surface area contributed by atoms with E-state index in [4.69, 9.17) is 9.47 Å². The van der Waals surface area contributed by atoms with Gasteiger partial charge in [0.1, 0.15) is 6.04 Å². The first-order valence-electron chi connectivity index (χ1n) is 15.9. The Labute approximate surface area is 273 Å². The predicted molar refractivity (Wildman–Crippen MR) is 171 cm³/mol. The van der Waals surface area contributed by atoms with E-state index < -0.39 is 35.7 Å². The lowest BCUT2D eigenvalue weighted by Crippen LogP contribution is -2.55. The molecule has 3 N–H and O–H groups in total. The molecular formula is C34H43F2N5O6. The monoisotopic (exact) mass is 655 g/mol. The number of imide groups is 1. The molecule has 1 aromatic rings. The quantitative estimate of drug-likeness (QED) is 0.222. The van der Waals surface area contributed by atoms with Crippen molar-refractivity contribution >= 4 is 23.9 Å². The van der Waals surface area contributed by atoms with Crippen molar-refractivity contribution in [2.24, 2.45) is 5.92 Å². The molecule has 47 heavy (non-hydrogen) atoms. The van der Waals surface area contributed by atoms with Crippen LogP contribution in [0.15, 0.2) is 65.0 Å². The van der Waals surface area contributed by atoms with E-state index >= 15 is 0 Å². The summed E-state index contributed by atoms with van der Waals surface area (Å²) < 4.78 is 38.1. The minimum absolute atomic E-state index is 0.0102. The Kier molecular flexibility index (Phi) is 12.8. The van der Waals surface area contributed by atoms with Gasteiger partial charge in [0.2, 0.25) is 5.91 Å². The third-order valence-corrected chi connectivity index (χ3v) is 8.41. The van der Waals surface area contributed by atoms with Gasteiger partial charge >= 0.3 is 18.0 Å². The Morgan fingerprint density at radius 2 is 1.87 bits per heavy atom. The molecule has 1 aliphatic carbocycles. The second-order valence-corrected chi connectivity index (χ2v) is 11.7. The van der Waals surface area contributed by atoms with Crippen molar-refractivity contribution in [2.45, 2.75) is 51.5 Å². The van der Waals surface area contributed by atoms with Gasteiger partial charge < -0.3 is 30.3 Å². The van der Waals surface area contributed by atoms with Crippen LogP contribution < -0.4 is 16.0 Å². The van der Waals surface area contributed by atoms with Crippen molar-refractivity contribution in [3.8, 4) is 0 Å². The van der Waals surface area contributed by atoms with Gasteiger partial charge in [0.15, 0.2) is 11.6 Å². The molecule has 0 aromatic heterocycles. The highest BCUT2D eigenvalue weighted by Gasteiger charge is 2.43. The van der Waals surface area contributed by atoms with Crippen molar-refractivity contribution in [2.75, 3.05) is 47.0 Å². The van der Waals surface area contributed by atoms with Crippen LogP contribution in [0.3, 0.4) is 0 Å². The summed E-state index contributed by atoms with van der Waals surface area (Å²) in [5.74, 6) is -2.75. The number of ether oxygens (including phenoxy) is 2. The van der Waals surface area contributed by atoms with Crippen molar-refractivity contribution in [3.63, 3.8) is 0 Å². The highest BCUT2D eigenvalue weighted by Crippen LogP contribution is 2.35. The smallest absolute Gasteiger partial charge is 0.338 e. The number of halogens is 2. The number of urea groups is 2. The van der Waals surface area contributed by atoms with Crippen LogP contribution in [0.2, 0.25) is 0 Å². The molecule has 5 amide bonds. The standard InChI is InChI=1S/C34H43F2N5O6/c1-4-8-29(42)38-25-10-6-5-9-23(19-25)22-13-17-40(18-14-22)16-7-15-37-33(44)41-31(24-11-12-26(35)27(36)20-24)30(32(43)47-3)28(21-46-2)39-34(41)45/h5-6,10-12,19-20,22,31H,4,7-9,13-18,21H2,1-3H3,(H,37,44)(H,38,42)(H,39,45)/t31-/m0/s1. The lowest BCUT2D eigenvalue weighted by Gasteiger charge is -2.37. The molecule has 11 nitrogen and oxygen atoms in total. The first-order valence-corrected chi connectivity index (χ1v) is 15.9. The second-order valence-electron chi connectivity index (χ2n) is 11.7. The zero-order chi connectivity index (χ0) is 33.9. The van der Waals surface area contributed by atoms with E-state index in [9.17, 15) is 28.0 Å². The molecule has 0 radical (unpaired) electrons. The zero-order valence-corrected chi connectivity index (χ0v) is 27.1. The van der Waals surface area contributed by atoms with Gasteiger partial charge in [0.25, 0.3) is 0 Å². The summed E-state index contributed by atoms with van der Waals surface area (Å²) in [5.41, 5.74) is 2.05. The number of rotatable bonds is 12. The van der Waals surface area contributed by atoms with E-state index in [1.807, 2.05) is 19.1 Å². The summed E-state index contributed by atoms with van der Waals surface area (Å²) in [7, 11) is 2.50. The third-order valence-electron chi connectivity index (χ3n) is 8.41. The van der Waals surface area contributed by atoms with Gasteiger partial charge in [-0.3, -0.25) is 4.79 Å². The number of piperidine rings is 1. The first kappa shape index (κ1) is 35.5. The lowest BCUT2D eigenvalue weighted by molar-refractivity contribution is -0.137. The molecule has 1 saturated heterocycles. The number of hydrogen-bond acceptors (Lipinski definition) is 7. The molecule has 0 unspecified atom stereocenters. The van der Waals surface area contributed by atoms with Crippen LogP contribution >= 0.6 is 0 Å². The number of nitrogens with one attached hydrogen (secondary N) is 3. The minimum Gasteiger partial charge on any atom is -0.466 e. The minimum atomic E-state index is -1.39. The van der Waals surface area contributed by atoms with Gasteiger partial charge in [0.05, 0.1) is 25.0 Å². The Bertz CT molecular complexity index is 1460. The number of hydrogen-bond donors (Lipinski definition) is 3. The van der Waals surface area contributed by atoms with Crippen LogP contribution in [0, 0.1) is 17.6 Å². The van der Waals surface area contributed by atoms with Crippen LogP contribution in [-0.2, 0) is 19.1 Å². The van der Waals surface area contributed by atoms with Gasteiger partial charge in [0, 0.05) is 25.8 Å². The summed E-state index contributed by atoms with van der Waals surface area (Å²) in [6.07, 6.45) is 12.8. The number of likely N-dealkylation sites (tertiary alicyclic amines) is 1. The average molecular weight is 656 g/mol. The van der Waals surface area contributed by atoms with E-state index in [1.54, 1.807) is 0 Å². The number of esters is 1. The molecule has 13 heteroatoms. The van der Waals surface area contributed by atoms with E-state index in [0.717, 1.165) is 68.6 Å². The molecule has 1 aromatic carbocycles. The fraction of sp³-hybridized carbons (Fsp3) is 0.471. The van der Waals surface area contributed by atoms with Crippen molar-refractivity contribution in [1.82, 2.24) is 25.8 Å². The molecule has 0 spiro atoms. The molecule has 1 atom stereocenters. The maximum atomic E-state index is 14.3. The van der Waals surface area contributed by atoms with E-state index in [2.05, 4.69) is 33.0 Å². The Morgan fingerprint density at radius 1 is 1.11 bits per heavy atom. The molecule has 4 rings (SSSR count). The number of carbonyl (C=O) groups excluding carboxylic acids is 4. The summed E-state index contributed by atoms with van der Waals surface area (Å²) in [5, 5.41) is 8.24. The number of allylic oxidation sites excluding steroid dienone is 5. The highest BCUT2D eigenvalue weighted by atomic mass is 19.2. The van der Waals surface area contributed by atoms with Gasteiger partial charge in [-0.1, -0.05) is 30.7 Å². The number of benzene rings is 1. The van der Waals surface area contributed by atoms with Crippen molar-refractivity contribution in [3.05, 3.63) is 82.2 Å². The SMILES string of the molecule is CCCC(=O)NC1=CC=CCC(C2CCN(CCCNC(=O)N3C(=O)NC(COC)=C(C(=O)OC)[C@@H]3c3ccc(F)c(F)c3)CC2)=C1. The van der Waals surface area contributed by atoms with Gasteiger partial charge in [-0.25, -0.2) is 28.1 Å². The summed E-state index contributed by atoms with van der Waals surface area (Å²) in [4.78, 5) is 54.7. The van der Waals surface area contributed by atoms with Crippen molar-refractivity contribution < 1.29 is 37.4 Å². The van der Waals surface area contributed by atoms with E-state index in [0.29, 0.717) is 25.3 Å². The molecule has 3 aliphatic rings. The molecule has 1 fully saturated rings. The molecular weight excluding hydrogens is 612 g/mol. The van der Waals surface area contributed by atoms with Gasteiger partial charge in [-0.2, -0.15) is 0 Å². The Morgan fingerprint density at radius 3 is 2.55 bits per heavy atom. The van der Waals surface area contributed by atoms with Crippen LogP contribution in [0.4, 0.5) is 18.4 Å². The zero-order valence-electron chi connectivity index (χ0n) is 27.1. The highest BCUT2D eigenvalue weighted by molar-refractivity contribution is 6.01. The predicted octanol–water partition coefficient (Wildman–Crippen LogP) is 4.60. The van der Waals surface area contributed by atoms with E-state index in [-0.39, 0.29) is 35.9 Å². The van der Waals surface area contributed by atoms with Crippen LogP contribution in [0.25, 0.3) is 0 Å². The van der Waals surface area contributed by atoms with Crippen LogP contribution in [0.1, 0.15) is 57.1 Å². The normalized spacial score (nSPS) is 19.0. The third kappa shape index (κ3) is 9.13. The Balaban J connectivity index is 1.35. The number of nitrogens with zero attached hydrogens (tertiary/aromatic N) is 2. The maximum absolute atomic E-state index is 14.3. The Hall–Kier alpha value is -4.36. The molecule has 254 valence electrons. The fourth-order valence-electron chi connectivity index (χ4n) is 6.08. The molecule has 0 saturated carbocycles. The first-order chi connectivity index (χ1) is 22.7. The average Bonchev–Trinajstić information content (AvgIpc) is 3.29. The molecule has 2 aliphatic heterocycles. The largest absolute Gasteiger partial charge is 0.466 e. The topological polar surface area (TPSA) is 129 Å². The van der Waals surface area contributed by atoms with Gasteiger partial charge in [-0.15, -0.1) is 0 Å². The maximum Gasteiger partial charge on any atom is 0.338 e. The fourth-order valence-corrected chi connectivity index (χ4v) is 6.08. The number of carbonyl (C=O) groups is 4. The van der Waals surface area contributed by atoms with Gasteiger partial charge in [-0.05, 0) is 87.5 Å². The van der Waals surface area contributed by atoms with Crippen molar-refractivity contribution in [1.29, 1.82) is 0 Å². The summed E-state index contributed by atoms with van der Waals surface area (Å²) in [6, 6.07) is -0.136. The molecule has 2 heterocycles. The van der Waals surface area contributed by atoms with Crippen LogP contribution in [0.5, 0.6) is 0 Å². The second kappa shape index (κ2) is 17.0. The number of amides is 5. The summed E-state index contributed by atoms with van der Waals surface area (Å²) >= 11 is 0.